The molecule has 1 fully saturated rings. The highest BCUT2D eigenvalue weighted by Gasteiger charge is 2.18. The van der Waals surface area contributed by atoms with Crippen molar-refractivity contribution in [1.82, 2.24) is 4.90 Å². The minimum atomic E-state index is 0.472. The number of nitrogens with zero attached hydrogens (tertiary/aromatic N) is 1. The van der Waals surface area contributed by atoms with E-state index in [1.54, 1.807) is 0 Å². The molecule has 0 N–H and O–H groups in total. The van der Waals surface area contributed by atoms with Gasteiger partial charge < -0.3 is 9.47 Å². The van der Waals surface area contributed by atoms with E-state index in [-0.39, 0.29) is 0 Å². The van der Waals surface area contributed by atoms with Gasteiger partial charge in [-0.25, -0.2) is 0 Å². The van der Waals surface area contributed by atoms with Crippen LogP contribution in [0, 0.1) is 6.92 Å². The van der Waals surface area contributed by atoms with Gasteiger partial charge >= 0.3 is 0 Å². The maximum Gasteiger partial charge on any atom is 0.119 e. The fourth-order valence-corrected chi connectivity index (χ4v) is 2.46. The van der Waals surface area contributed by atoms with Crippen molar-refractivity contribution in [2.45, 2.75) is 32.8 Å². The van der Waals surface area contributed by atoms with Crippen LogP contribution in [0.5, 0.6) is 5.75 Å². The lowest BCUT2D eigenvalue weighted by Crippen LogP contribution is -2.39. The topological polar surface area (TPSA) is 21.7 Å². The highest BCUT2D eigenvalue weighted by molar-refractivity contribution is 5.26. The summed E-state index contributed by atoms with van der Waals surface area (Å²) < 4.78 is 11.4. The number of benzene rings is 1. The lowest BCUT2D eigenvalue weighted by atomic mass is 10.1. The van der Waals surface area contributed by atoms with Gasteiger partial charge in [0, 0.05) is 26.2 Å². The quantitative estimate of drug-likeness (QED) is 0.787. The molecule has 0 atom stereocenters. The molecule has 1 aromatic rings. The van der Waals surface area contributed by atoms with Crippen LogP contribution >= 0.6 is 0 Å². The molecule has 106 valence electrons. The second-order valence-corrected chi connectivity index (χ2v) is 5.16. The first-order valence-corrected chi connectivity index (χ1v) is 7.31. The number of rotatable bonds is 6. The number of likely N-dealkylation sites (tertiary alicyclic amines) is 1. The van der Waals surface area contributed by atoms with Crippen LogP contribution in [0.1, 0.15) is 25.3 Å². The SMILES string of the molecule is CCOC1CCN(CCOc2ccc(C)cc2)CC1. The van der Waals surface area contributed by atoms with Crippen LogP contribution in [-0.4, -0.2) is 43.9 Å². The highest BCUT2D eigenvalue weighted by Crippen LogP contribution is 2.14. The van der Waals surface area contributed by atoms with Crippen LogP contribution in [0.15, 0.2) is 24.3 Å². The molecular weight excluding hydrogens is 238 g/mol. The van der Waals surface area contributed by atoms with Crippen molar-refractivity contribution in [1.29, 1.82) is 0 Å². The van der Waals surface area contributed by atoms with E-state index in [1.165, 1.54) is 5.56 Å². The molecule has 0 spiro atoms. The van der Waals surface area contributed by atoms with Gasteiger partial charge in [0.15, 0.2) is 0 Å². The second kappa shape index (κ2) is 7.51. The van der Waals surface area contributed by atoms with Crippen molar-refractivity contribution in [2.24, 2.45) is 0 Å². The average Bonchev–Trinajstić information content (AvgIpc) is 2.43. The molecule has 2 rings (SSSR count). The molecule has 0 radical (unpaired) electrons. The molecule has 1 aliphatic heterocycles. The smallest absolute Gasteiger partial charge is 0.119 e. The summed E-state index contributed by atoms with van der Waals surface area (Å²) in [6, 6.07) is 8.25. The largest absolute Gasteiger partial charge is 0.492 e. The predicted molar refractivity (Wildman–Crippen MR) is 77.8 cm³/mol. The number of piperidine rings is 1. The Morgan fingerprint density at radius 3 is 2.47 bits per heavy atom. The second-order valence-electron chi connectivity index (χ2n) is 5.16. The summed E-state index contributed by atoms with van der Waals surface area (Å²) in [7, 11) is 0. The van der Waals surface area contributed by atoms with E-state index in [0.29, 0.717) is 6.10 Å². The molecular formula is C16H25NO2. The van der Waals surface area contributed by atoms with Crippen molar-refractivity contribution in [3.63, 3.8) is 0 Å². The number of hydrogen-bond acceptors (Lipinski definition) is 3. The Hall–Kier alpha value is -1.06. The van der Waals surface area contributed by atoms with Gasteiger partial charge in [-0.2, -0.15) is 0 Å². The zero-order chi connectivity index (χ0) is 13.5. The number of hydrogen-bond donors (Lipinski definition) is 0. The van der Waals surface area contributed by atoms with Gasteiger partial charge in [-0.1, -0.05) is 17.7 Å². The average molecular weight is 263 g/mol. The van der Waals surface area contributed by atoms with E-state index < -0.39 is 0 Å². The third-order valence-corrected chi connectivity index (χ3v) is 3.63. The third kappa shape index (κ3) is 4.84. The lowest BCUT2D eigenvalue weighted by Gasteiger charge is -2.31. The number of ether oxygens (including phenoxy) is 2. The predicted octanol–water partition coefficient (Wildman–Crippen LogP) is 2.87. The summed E-state index contributed by atoms with van der Waals surface area (Å²) in [5.74, 6) is 0.967. The monoisotopic (exact) mass is 263 g/mol. The molecule has 1 heterocycles. The van der Waals surface area contributed by atoms with Gasteiger partial charge in [0.1, 0.15) is 12.4 Å². The van der Waals surface area contributed by atoms with Gasteiger partial charge in [0.25, 0.3) is 0 Å². The molecule has 1 saturated heterocycles. The zero-order valence-electron chi connectivity index (χ0n) is 12.1. The molecule has 0 unspecified atom stereocenters. The van der Waals surface area contributed by atoms with Crippen LogP contribution in [-0.2, 0) is 4.74 Å². The molecule has 3 nitrogen and oxygen atoms in total. The summed E-state index contributed by atoms with van der Waals surface area (Å²) in [5.41, 5.74) is 1.27. The fraction of sp³-hybridized carbons (Fsp3) is 0.625. The van der Waals surface area contributed by atoms with E-state index >= 15 is 0 Å². The Bertz CT molecular complexity index is 356. The Labute approximate surface area is 116 Å². The summed E-state index contributed by atoms with van der Waals surface area (Å²) in [5, 5.41) is 0. The molecule has 0 aliphatic carbocycles. The van der Waals surface area contributed by atoms with Crippen molar-refractivity contribution in [3.05, 3.63) is 29.8 Å². The van der Waals surface area contributed by atoms with Gasteiger partial charge in [-0.15, -0.1) is 0 Å². The van der Waals surface area contributed by atoms with E-state index in [2.05, 4.69) is 30.9 Å². The molecule has 1 aliphatic rings. The summed E-state index contributed by atoms with van der Waals surface area (Å²) in [6.45, 7) is 9.02. The molecule has 3 heteroatoms. The fourth-order valence-electron chi connectivity index (χ4n) is 2.46. The van der Waals surface area contributed by atoms with Gasteiger partial charge in [-0.05, 0) is 38.8 Å². The zero-order valence-corrected chi connectivity index (χ0v) is 12.1. The van der Waals surface area contributed by atoms with E-state index in [0.717, 1.165) is 51.4 Å². The molecule has 0 saturated carbocycles. The van der Waals surface area contributed by atoms with Crippen molar-refractivity contribution in [3.8, 4) is 5.75 Å². The Morgan fingerprint density at radius 1 is 1.16 bits per heavy atom. The molecule has 0 bridgehead atoms. The maximum absolute atomic E-state index is 5.77. The minimum absolute atomic E-state index is 0.472. The summed E-state index contributed by atoms with van der Waals surface area (Å²) >= 11 is 0. The molecule has 1 aromatic carbocycles. The Balaban J connectivity index is 1.63. The van der Waals surface area contributed by atoms with Crippen molar-refractivity contribution < 1.29 is 9.47 Å². The Kier molecular flexibility index (Phi) is 5.67. The van der Waals surface area contributed by atoms with Gasteiger partial charge in [0.2, 0.25) is 0 Å². The molecule has 0 aromatic heterocycles. The van der Waals surface area contributed by atoms with Crippen molar-refractivity contribution >= 4 is 0 Å². The van der Waals surface area contributed by atoms with Gasteiger partial charge in [0.05, 0.1) is 6.10 Å². The summed E-state index contributed by atoms with van der Waals surface area (Å²) in [4.78, 5) is 2.46. The molecule has 19 heavy (non-hydrogen) atoms. The maximum atomic E-state index is 5.77. The van der Waals surface area contributed by atoms with Gasteiger partial charge in [-0.3, -0.25) is 4.90 Å². The minimum Gasteiger partial charge on any atom is -0.492 e. The van der Waals surface area contributed by atoms with E-state index in [4.69, 9.17) is 9.47 Å². The summed E-state index contributed by atoms with van der Waals surface area (Å²) in [6.07, 6.45) is 2.77. The number of aryl methyl sites for hydroxylation is 1. The van der Waals surface area contributed by atoms with Crippen LogP contribution in [0.25, 0.3) is 0 Å². The van der Waals surface area contributed by atoms with Crippen LogP contribution in [0.3, 0.4) is 0 Å². The van der Waals surface area contributed by atoms with Crippen LogP contribution in [0.2, 0.25) is 0 Å². The third-order valence-electron chi connectivity index (χ3n) is 3.63. The first-order chi connectivity index (χ1) is 9.28. The van der Waals surface area contributed by atoms with E-state index in [1.807, 2.05) is 12.1 Å². The van der Waals surface area contributed by atoms with Crippen LogP contribution < -0.4 is 4.74 Å². The standard InChI is InChI=1S/C16H25NO2/c1-3-18-16-8-10-17(11-9-16)12-13-19-15-6-4-14(2)5-7-15/h4-7,16H,3,8-13H2,1-2H3. The van der Waals surface area contributed by atoms with Crippen molar-refractivity contribution in [2.75, 3.05) is 32.8 Å². The van der Waals surface area contributed by atoms with E-state index in [9.17, 15) is 0 Å². The Morgan fingerprint density at radius 2 is 1.84 bits per heavy atom. The lowest BCUT2D eigenvalue weighted by molar-refractivity contribution is 0.0119. The first-order valence-electron chi connectivity index (χ1n) is 7.31. The highest BCUT2D eigenvalue weighted by atomic mass is 16.5. The normalized spacial score (nSPS) is 17.6. The van der Waals surface area contributed by atoms with Crippen LogP contribution in [0.4, 0.5) is 0 Å². The molecule has 0 amide bonds. The first kappa shape index (κ1) is 14.4.